The molecule has 3 rings (SSSR count). The molecule has 0 radical (unpaired) electrons. The Labute approximate surface area is 143 Å². The summed E-state index contributed by atoms with van der Waals surface area (Å²) >= 11 is 3.58. The minimum absolute atomic E-state index is 0.167. The number of carbonyl (C=O) groups excluding carboxylic acids is 2. The van der Waals surface area contributed by atoms with Crippen molar-refractivity contribution in [1.82, 2.24) is 4.90 Å². The third-order valence-corrected chi connectivity index (χ3v) is 5.17. The molecule has 23 heavy (non-hydrogen) atoms. The number of likely N-dealkylation sites (tertiary alicyclic amines) is 1. The minimum Gasteiger partial charge on any atom is -0.450 e. The van der Waals surface area contributed by atoms with Crippen LogP contribution in [0, 0.1) is 0 Å². The average molecular weight is 382 g/mol. The van der Waals surface area contributed by atoms with Crippen LogP contribution in [0.15, 0.2) is 22.7 Å². The van der Waals surface area contributed by atoms with E-state index < -0.39 is 0 Å². The third kappa shape index (κ3) is 2.89. The standard InChI is InChI=1S/C16H20BrN3O3/c1-2-23-16(22)19-7-6-13-11(8-19)10-4-3-5-12(17)15(10)20(13)9-14(18)21/h3-5,11,13H,2,6-9H2,1H3,(H2,18,21)/t11-,13-/m0/s1. The lowest BCUT2D eigenvalue weighted by Crippen LogP contribution is -2.50. The first-order chi connectivity index (χ1) is 11.0. The summed E-state index contributed by atoms with van der Waals surface area (Å²) in [6.45, 7) is 3.60. The van der Waals surface area contributed by atoms with Crippen LogP contribution in [0.4, 0.5) is 10.5 Å². The topological polar surface area (TPSA) is 75.9 Å². The van der Waals surface area contributed by atoms with Crippen LogP contribution in [0.1, 0.15) is 24.8 Å². The molecule has 6 nitrogen and oxygen atoms in total. The van der Waals surface area contributed by atoms with Gasteiger partial charge in [0.25, 0.3) is 0 Å². The molecule has 0 bridgehead atoms. The van der Waals surface area contributed by atoms with Crippen molar-refractivity contribution >= 4 is 33.6 Å². The number of nitrogens with zero attached hydrogens (tertiary/aromatic N) is 2. The highest BCUT2D eigenvalue weighted by Gasteiger charge is 2.44. The number of halogens is 1. The van der Waals surface area contributed by atoms with Gasteiger partial charge in [-0.2, -0.15) is 0 Å². The molecule has 2 aliphatic heterocycles. The first-order valence-electron chi connectivity index (χ1n) is 7.78. The Morgan fingerprint density at radius 1 is 1.43 bits per heavy atom. The zero-order valence-electron chi connectivity index (χ0n) is 13.0. The Kier molecular flexibility index (Phi) is 4.48. The van der Waals surface area contributed by atoms with Crippen molar-refractivity contribution in [1.29, 1.82) is 0 Å². The minimum atomic E-state index is -0.347. The SMILES string of the molecule is CCOC(=O)N1CC[C@H]2[C@@H](C1)c1cccc(Br)c1N2CC(N)=O. The molecule has 1 aromatic carbocycles. The van der Waals surface area contributed by atoms with Gasteiger partial charge in [-0.05, 0) is 40.9 Å². The summed E-state index contributed by atoms with van der Waals surface area (Å²) in [5.41, 5.74) is 7.61. The van der Waals surface area contributed by atoms with Crippen molar-refractivity contribution in [2.24, 2.45) is 5.73 Å². The molecule has 2 amide bonds. The van der Waals surface area contributed by atoms with Crippen LogP contribution in [0.2, 0.25) is 0 Å². The van der Waals surface area contributed by atoms with Gasteiger partial charge in [0.2, 0.25) is 5.91 Å². The zero-order chi connectivity index (χ0) is 16.6. The predicted octanol–water partition coefficient (Wildman–Crippen LogP) is 2.07. The number of rotatable bonds is 3. The Morgan fingerprint density at radius 3 is 2.91 bits per heavy atom. The van der Waals surface area contributed by atoms with E-state index in [2.05, 4.69) is 26.9 Å². The van der Waals surface area contributed by atoms with Crippen molar-refractivity contribution in [2.45, 2.75) is 25.3 Å². The molecule has 2 heterocycles. The van der Waals surface area contributed by atoms with Gasteiger partial charge in [-0.1, -0.05) is 12.1 Å². The van der Waals surface area contributed by atoms with E-state index in [0.29, 0.717) is 19.7 Å². The number of hydrogen-bond acceptors (Lipinski definition) is 4. The van der Waals surface area contributed by atoms with Crippen LogP contribution in [0.25, 0.3) is 0 Å². The fourth-order valence-electron chi connectivity index (χ4n) is 3.66. The van der Waals surface area contributed by atoms with E-state index in [1.165, 1.54) is 0 Å². The summed E-state index contributed by atoms with van der Waals surface area (Å²) in [4.78, 5) is 27.4. The monoisotopic (exact) mass is 381 g/mol. The van der Waals surface area contributed by atoms with Gasteiger partial charge < -0.3 is 20.3 Å². The van der Waals surface area contributed by atoms with E-state index in [1.807, 2.05) is 12.1 Å². The second kappa shape index (κ2) is 6.39. The van der Waals surface area contributed by atoms with Gasteiger partial charge in [0, 0.05) is 29.5 Å². The number of carbonyl (C=O) groups is 2. The van der Waals surface area contributed by atoms with E-state index >= 15 is 0 Å². The van der Waals surface area contributed by atoms with Crippen molar-refractivity contribution in [2.75, 3.05) is 31.1 Å². The molecule has 124 valence electrons. The van der Waals surface area contributed by atoms with Crippen molar-refractivity contribution < 1.29 is 14.3 Å². The lowest BCUT2D eigenvalue weighted by atomic mass is 9.89. The summed E-state index contributed by atoms with van der Waals surface area (Å²) in [5.74, 6) is -0.180. The van der Waals surface area contributed by atoms with E-state index in [0.717, 1.165) is 22.1 Å². The van der Waals surface area contributed by atoms with E-state index in [-0.39, 0.29) is 30.5 Å². The van der Waals surface area contributed by atoms with Crippen molar-refractivity contribution in [3.05, 3.63) is 28.2 Å². The van der Waals surface area contributed by atoms with Gasteiger partial charge in [0.1, 0.15) is 0 Å². The Morgan fingerprint density at radius 2 is 2.22 bits per heavy atom. The molecule has 1 fully saturated rings. The normalized spacial score (nSPS) is 22.5. The van der Waals surface area contributed by atoms with E-state index in [1.54, 1.807) is 11.8 Å². The first-order valence-corrected chi connectivity index (χ1v) is 8.57. The molecule has 0 spiro atoms. The molecule has 0 unspecified atom stereocenters. The Hall–Kier alpha value is -1.76. The molecule has 2 aliphatic rings. The number of hydrogen-bond donors (Lipinski definition) is 1. The average Bonchev–Trinajstić information content (AvgIpc) is 2.82. The van der Waals surface area contributed by atoms with Gasteiger partial charge in [0.15, 0.2) is 0 Å². The smallest absolute Gasteiger partial charge is 0.409 e. The highest BCUT2D eigenvalue weighted by atomic mass is 79.9. The fraction of sp³-hybridized carbons (Fsp3) is 0.500. The zero-order valence-corrected chi connectivity index (χ0v) is 14.6. The largest absolute Gasteiger partial charge is 0.450 e. The van der Waals surface area contributed by atoms with Gasteiger partial charge in [-0.3, -0.25) is 4.79 Å². The quantitative estimate of drug-likeness (QED) is 0.869. The number of primary amides is 1. The maximum absolute atomic E-state index is 12.0. The Bertz CT molecular complexity index is 637. The number of amides is 2. The first kappa shape index (κ1) is 16.1. The van der Waals surface area contributed by atoms with Gasteiger partial charge in [-0.15, -0.1) is 0 Å². The van der Waals surface area contributed by atoms with Crippen LogP contribution < -0.4 is 10.6 Å². The molecule has 7 heteroatoms. The summed E-state index contributed by atoms with van der Waals surface area (Å²) in [7, 11) is 0. The third-order valence-electron chi connectivity index (χ3n) is 4.53. The molecule has 2 atom stereocenters. The number of anilines is 1. The number of ether oxygens (including phenoxy) is 1. The lowest BCUT2D eigenvalue weighted by molar-refractivity contribution is -0.116. The predicted molar refractivity (Wildman–Crippen MR) is 90.4 cm³/mol. The number of piperidine rings is 1. The molecule has 0 aliphatic carbocycles. The summed E-state index contributed by atoms with van der Waals surface area (Å²) < 4.78 is 6.08. The maximum Gasteiger partial charge on any atom is 0.409 e. The van der Waals surface area contributed by atoms with Crippen LogP contribution in [0.5, 0.6) is 0 Å². The number of nitrogens with two attached hydrogens (primary N) is 1. The van der Waals surface area contributed by atoms with Gasteiger partial charge in [-0.25, -0.2) is 4.79 Å². The molecular weight excluding hydrogens is 362 g/mol. The highest BCUT2D eigenvalue weighted by Crippen LogP contribution is 2.47. The van der Waals surface area contributed by atoms with Crippen LogP contribution in [-0.2, 0) is 9.53 Å². The van der Waals surface area contributed by atoms with E-state index in [4.69, 9.17) is 10.5 Å². The highest BCUT2D eigenvalue weighted by molar-refractivity contribution is 9.10. The van der Waals surface area contributed by atoms with Gasteiger partial charge in [0.05, 0.1) is 18.8 Å². The van der Waals surface area contributed by atoms with Crippen LogP contribution >= 0.6 is 15.9 Å². The number of para-hydroxylation sites is 1. The van der Waals surface area contributed by atoms with Gasteiger partial charge >= 0.3 is 6.09 Å². The molecule has 2 N–H and O–H groups in total. The molecular formula is C16H20BrN3O3. The molecule has 1 aromatic rings. The van der Waals surface area contributed by atoms with Crippen molar-refractivity contribution in [3.8, 4) is 0 Å². The molecule has 1 saturated heterocycles. The molecule has 0 aromatic heterocycles. The lowest BCUT2D eigenvalue weighted by Gasteiger charge is -2.38. The maximum atomic E-state index is 12.0. The van der Waals surface area contributed by atoms with Crippen LogP contribution in [0.3, 0.4) is 0 Å². The number of benzene rings is 1. The fourth-order valence-corrected chi connectivity index (χ4v) is 4.27. The molecule has 0 saturated carbocycles. The Balaban J connectivity index is 1.91. The second-order valence-corrected chi connectivity index (χ2v) is 6.73. The second-order valence-electron chi connectivity index (χ2n) is 5.88. The van der Waals surface area contributed by atoms with Crippen LogP contribution in [-0.4, -0.2) is 49.2 Å². The summed E-state index contributed by atoms with van der Waals surface area (Å²) in [6, 6.07) is 6.19. The summed E-state index contributed by atoms with van der Waals surface area (Å²) in [6.07, 6.45) is 0.522. The van der Waals surface area contributed by atoms with E-state index in [9.17, 15) is 9.59 Å². The summed E-state index contributed by atoms with van der Waals surface area (Å²) in [5, 5.41) is 0. The number of fused-ring (bicyclic) bond motifs is 3. The van der Waals surface area contributed by atoms with Crippen molar-refractivity contribution in [3.63, 3.8) is 0 Å².